The van der Waals surface area contributed by atoms with Crippen LogP contribution in [0, 0.1) is 23.6 Å². The van der Waals surface area contributed by atoms with Gasteiger partial charge in [0.1, 0.15) is 11.1 Å². The highest BCUT2D eigenvalue weighted by molar-refractivity contribution is 7.92. The molecule has 5 aliphatic rings. The molecule has 4 aliphatic heterocycles. The first-order valence-electron chi connectivity index (χ1n) is 20.3. The minimum Gasteiger partial charge on any atom is -0.465 e. The molecule has 7 rings (SSSR count). The van der Waals surface area contributed by atoms with Crippen molar-refractivity contribution >= 4 is 27.5 Å². The van der Waals surface area contributed by atoms with E-state index in [1.807, 2.05) is 37.2 Å². The summed E-state index contributed by atoms with van der Waals surface area (Å²) in [7, 11) is 0.326. The molecule has 0 bridgehead atoms. The van der Waals surface area contributed by atoms with Crippen LogP contribution in [0.15, 0.2) is 65.6 Å². The molecule has 1 saturated carbocycles. The van der Waals surface area contributed by atoms with Crippen molar-refractivity contribution in [2.24, 2.45) is 17.8 Å². The Labute approximate surface area is 326 Å². The van der Waals surface area contributed by atoms with Crippen molar-refractivity contribution in [3.05, 3.63) is 72.1 Å². The van der Waals surface area contributed by atoms with Gasteiger partial charge in [0.2, 0.25) is 5.91 Å². The predicted molar refractivity (Wildman–Crippen MR) is 213 cm³/mol. The molecule has 0 radical (unpaired) electrons. The number of nitrogens with zero attached hydrogens (tertiary/aromatic N) is 5. The number of carboxylic acid groups (broad SMARTS) is 1. The molecule has 13 heteroatoms. The molecule has 4 saturated heterocycles. The van der Waals surface area contributed by atoms with Gasteiger partial charge in [0, 0.05) is 75.0 Å². The highest BCUT2D eigenvalue weighted by Crippen LogP contribution is 2.51. The summed E-state index contributed by atoms with van der Waals surface area (Å²) in [5.74, 6) is 0.560. The highest BCUT2D eigenvalue weighted by Gasteiger charge is 2.53. The van der Waals surface area contributed by atoms with Crippen LogP contribution in [0.5, 0.6) is 0 Å². The topological polar surface area (TPSA) is 117 Å². The molecule has 0 aromatic heterocycles. The molecular formula is C42H59FN6O5S. The molecule has 0 spiro atoms. The van der Waals surface area contributed by atoms with Crippen molar-refractivity contribution in [2.45, 2.75) is 66.5 Å². The van der Waals surface area contributed by atoms with E-state index in [2.05, 4.69) is 26.1 Å². The lowest BCUT2D eigenvalue weighted by molar-refractivity contribution is -0.129. The number of carbonyl (C=O) groups excluding carboxylic acids is 1. The molecular weight excluding hydrogens is 720 g/mol. The summed E-state index contributed by atoms with van der Waals surface area (Å²) in [4.78, 5) is 35.6. The van der Waals surface area contributed by atoms with Gasteiger partial charge < -0.3 is 34.9 Å². The molecule has 2 N–H and O–H groups in total. The quantitative estimate of drug-likeness (QED) is 0.267. The molecule has 3 atom stereocenters. The fourth-order valence-electron chi connectivity index (χ4n) is 10.3. The summed E-state index contributed by atoms with van der Waals surface area (Å²) in [5, 5.41) is 12.1. The van der Waals surface area contributed by atoms with Gasteiger partial charge in [-0.15, -0.1) is 0 Å². The van der Waals surface area contributed by atoms with Gasteiger partial charge >= 0.3 is 6.09 Å². The first kappa shape index (κ1) is 39.7. The number of halogens is 1. The summed E-state index contributed by atoms with van der Waals surface area (Å²) >= 11 is 0. The number of sulfone groups is 1. The Hall–Kier alpha value is -3.52. The standard InChI is InChI=1S/C42H59FN6O5S/c1-45(2)19-7-12-40(50)49-28-37(29-49)55(53,54)36-15-13-35(14-16-36)48-26-31(27-48)25-46-22-17-32(18-23-46)42(30-47-20-3-4-21-47,33-8-5-9-34(43)24-33)38-10-6-11-39(38)44-41(51)52/h5,7-9,12-16,24,31-32,37-39,44H,3-4,6,10-11,17-23,25-30H2,1-2H3,(H,51,52)/b12-7+/t38-,39-,42?/m0/s1. The van der Waals surface area contributed by atoms with Crippen LogP contribution in [0.4, 0.5) is 14.9 Å². The van der Waals surface area contributed by atoms with E-state index in [0.717, 1.165) is 95.7 Å². The fourth-order valence-corrected chi connectivity index (χ4v) is 12.0. The van der Waals surface area contributed by atoms with E-state index in [1.54, 1.807) is 29.2 Å². The Balaban J connectivity index is 0.949. The van der Waals surface area contributed by atoms with E-state index in [0.29, 0.717) is 23.3 Å². The number of carbonyl (C=O) groups is 2. The van der Waals surface area contributed by atoms with E-state index in [4.69, 9.17) is 0 Å². The smallest absolute Gasteiger partial charge is 0.404 e. The number of piperidine rings is 1. The van der Waals surface area contributed by atoms with E-state index < -0.39 is 21.2 Å². The fraction of sp³-hybridized carbons (Fsp3) is 0.619. The SMILES string of the molecule is CN(C)C/C=C/C(=O)N1CC(S(=O)(=O)c2ccc(N3CC(CN4CCC(C(CN5CCCC5)(c5cccc(F)c5)[C@H]5CCC[C@@H]5NC(=O)O)CC4)C3)cc2)C1. The molecule has 1 unspecified atom stereocenters. The zero-order valence-electron chi connectivity index (χ0n) is 32.5. The molecule has 2 amide bonds. The Bertz CT molecular complexity index is 1780. The Kier molecular flexibility index (Phi) is 12.2. The molecule has 2 aromatic rings. The van der Waals surface area contributed by atoms with Crippen molar-refractivity contribution in [1.29, 1.82) is 0 Å². The lowest BCUT2D eigenvalue weighted by Crippen LogP contribution is -2.58. The third-order valence-electron chi connectivity index (χ3n) is 13.2. The van der Waals surface area contributed by atoms with E-state index in [1.165, 1.54) is 25.0 Å². The number of benzene rings is 2. The first-order chi connectivity index (χ1) is 26.4. The van der Waals surface area contributed by atoms with E-state index >= 15 is 4.39 Å². The van der Waals surface area contributed by atoms with Gasteiger partial charge in [-0.25, -0.2) is 17.6 Å². The summed E-state index contributed by atoms with van der Waals surface area (Å²) in [6.45, 7) is 8.76. The zero-order valence-corrected chi connectivity index (χ0v) is 33.3. The molecule has 55 heavy (non-hydrogen) atoms. The van der Waals surface area contributed by atoms with Crippen LogP contribution in [0.3, 0.4) is 0 Å². The zero-order chi connectivity index (χ0) is 38.7. The van der Waals surface area contributed by atoms with Crippen molar-refractivity contribution in [2.75, 3.05) is 91.0 Å². The minimum atomic E-state index is -3.52. The van der Waals surface area contributed by atoms with Crippen molar-refractivity contribution < 1.29 is 27.5 Å². The summed E-state index contributed by atoms with van der Waals surface area (Å²) in [6.07, 6.45) is 9.38. The monoisotopic (exact) mass is 778 g/mol. The molecule has 4 heterocycles. The number of rotatable bonds is 14. The normalized spacial score (nSPS) is 24.7. The molecule has 11 nitrogen and oxygen atoms in total. The number of nitrogens with one attached hydrogen (secondary N) is 1. The van der Waals surface area contributed by atoms with E-state index in [-0.39, 0.29) is 42.2 Å². The molecule has 2 aromatic carbocycles. The summed E-state index contributed by atoms with van der Waals surface area (Å²) < 4.78 is 41.6. The Morgan fingerprint density at radius 1 is 0.927 bits per heavy atom. The van der Waals surface area contributed by atoms with Gasteiger partial charge in [-0.2, -0.15) is 0 Å². The average Bonchev–Trinajstić information content (AvgIpc) is 3.80. The highest BCUT2D eigenvalue weighted by atomic mass is 32.2. The number of anilines is 1. The van der Waals surface area contributed by atoms with Gasteiger partial charge in [0.25, 0.3) is 0 Å². The number of hydrogen-bond acceptors (Lipinski definition) is 8. The maximum atomic E-state index is 15.0. The van der Waals surface area contributed by atoms with Crippen molar-refractivity contribution in [3.8, 4) is 0 Å². The summed E-state index contributed by atoms with van der Waals surface area (Å²) in [5.41, 5.74) is 1.71. The van der Waals surface area contributed by atoms with Gasteiger partial charge in [0.15, 0.2) is 9.84 Å². The van der Waals surface area contributed by atoms with Crippen LogP contribution in [-0.4, -0.2) is 143 Å². The predicted octanol–water partition coefficient (Wildman–Crippen LogP) is 4.55. The second-order valence-corrected chi connectivity index (χ2v) is 19.3. The molecule has 5 fully saturated rings. The lowest BCUT2D eigenvalue weighted by atomic mass is 9.58. The van der Waals surface area contributed by atoms with Gasteiger partial charge in [0.05, 0.1) is 4.90 Å². The minimum absolute atomic E-state index is 0.109. The van der Waals surface area contributed by atoms with Crippen molar-refractivity contribution in [1.82, 2.24) is 24.9 Å². The Morgan fingerprint density at radius 3 is 2.29 bits per heavy atom. The molecule has 300 valence electrons. The van der Waals surface area contributed by atoms with E-state index in [9.17, 15) is 23.1 Å². The largest absolute Gasteiger partial charge is 0.465 e. The van der Waals surface area contributed by atoms with Crippen LogP contribution in [-0.2, 0) is 20.0 Å². The first-order valence-corrected chi connectivity index (χ1v) is 21.9. The van der Waals surface area contributed by atoms with Gasteiger partial charge in [-0.3, -0.25) is 4.79 Å². The number of amides is 2. The number of likely N-dealkylation sites (N-methyl/N-ethyl adjacent to an activating group) is 1. The average molecular weight is 779 g/mol. The third-order valence-corrected chi connectivity index (χ3v) is 15.3. The third kappa shape index (κ3) is 8.74. The second-order valence-electron chi connectivity index (χ2n) is 17.0. The van der Waals surface area contributed by atoms with Gasteiger partial charge in [-0.05, 0) is 133 Å². The molecule has 1 aliphatic carbocycles. The number of likely N-dealkylation sites (tertiary alicyclic amines) is 3. The lowest BCUT2D eigenvalue weighted by Gasteiger charge is -2.52. The van der Waals surface area contributed by atoms with Crippen LogP contribution in [0.1, 0.15) is 50.5 Å². The maximum Gasteiger partial charge on any atom is 0.404 e. The van der Waals surface area contributed by atoms with Crippen LogP contribution in [0.25, 0.3) is 0 Å². The summed E-state index contributed by atoms with van der Waals surface area (Å²) in [6, 6.07) is 14.3. The number of hydrogen-bond donors (Lipinski definition) is 2. The Morgan fingerprint density at radius 2 is 1.64 bits per heavy atom. The van der Waals surface area contributed by atoms with Crippen LogP contribution >= 0.6 is 0 Å². The van der Waals surface area contributed by atoms with Crippen LogP contribution in [0.2, 0.25) is 0 Å². The van der Waals surface area contributed by atoms with Crippen LogP contribution < -0.4 is 10.2 Å². The van der Waals surface area contributed by atoms with Gasteiger partial charge in [-0.1, -0.05) is 24.6 Å². The maximum absolute atomic E-state index is 15.0. The second kappa shape index (κ2) is 16.9. The van der Waals surface area contributed by atoms with Crippen molar-refractivity contribution in [3.63, 3.8) is 0 Å².